The number of aryl methyl sites for hydroxylation is 2. The van der Waals surface area contributed by atoms with Crippen LogP contribution in [-0.2, 0) is 27.2 Å². The second-order valence-corrected chi connectivity index (χ2v) is 10.4. The summed E-state index contributed by atoms with van der Waals surface area (Å²) in [5, 5.41) is 16.9. The van der Waals surface area contributed by atoms with Crippen molar-refractivity contribution in [1.82, 2.24) is 20.3 Å². The third kappa shape index (κ3) is 6.99. The monoisotopic (exact) mass is 609 g/mol. The van der Waals surface area contributed by atoms with Gasteiger partial charge in [-0.1, -0.05) is 36.4 Å². The second kappa shape index (κ2) is 13.1. The Kier molecular flexibility index (Phi) is 8.89. The van der Waals surface area contributed by atoms with Crippen molar-refractivity contribution < 1.29 is 29.0 Å². The summed E-state index contributed by atoms with van der Waals surface area (Å²) in [4.78, 5) is 61.2. The Morgan fingerprint density at radius 3 is 2.49 bits per heavy atom. The molecule has 1 atom stereocenters. The standard InChI is InChI=1S/C32H31N7O6/c1-45-31(44)24(12-13-25(40)36-21-14-19-4-2-3-5-22(19)23(15-21)30(42)43)37-29(41)18-9-6-17(7-10-18)8-11-20-16-35-28-26(20)27(33)38-32(34)39-28/h2-7,9-10,14-16,24H,8,11-13H2,1H3,(H,36,40)(H,37,41)(H,42,43)(H5,33,34,35,38,39)/t24-/m0/s1. The average molecular weight is 610 g/mol. The molecule has 5 rings (SSSR count). The van der Waals surface area contributed by atoms with Crippen LogP contribution >= 0.6 is 0 Å². The minimum atomic E-state index is -1.12. The molecule has 0 radical (unpaired) electrons. The highest BCUT2D eigenvalue weighted by atomic mass is 16.5. The Balaban J connectivity index is 1.18. The quantitative estimate of drug-likeness (QED) is 0.120. The number of ether oxygens (including phenoxy) is 1. The lowest BCUT2D eigenvalue weighted by molar-refractivity contribution is -0.143. The number of nitrogens with zero attached hydrogens (tertiary/aromatic N) is 2. The molecule has 2 aromatic heterocycles. The number of anilines is 3. The molecule has 0 saturated heterocycles. The zero-order chi connectivity index (χ0) is 32.1. The number of esters is 1. The molecule has 0 saturated carbocycles. The molecule has 45 heavy (non-hydrogen) atoms. The van der Waals surface area contributed by atoms with Gasteiger partial charge in [0.1, 0.15) is 17.5 Å². The summed E-state index contributed by atoms with van der Waals surface area (Å²) in [6.07, 6.45) is 2.95. The van der Waals surface area contributed by atoms with Gasteiger partial charge in [0.2, 0.25) is 11.9 Å². The third-order valence-electron chi connectivity index (χ3n) is 7.38. The summed E-state index contributed by atoms with van der Waals surface area (Å²) in [6, 6.07) is 15.9. The van der Waals surface area contributed by atoms with Crippen LogP contribution in [-0.4, -0.2) is 57.0 Å². The number of rotatable bonds is 11. The van der Waals surface area contributed by atoms with E-state index in [0.29, 0.717) is 46.3 Å². The molecule has 2 amide bonds. The van der Waals surface area contributed by atoms with Crippen LogP contribution in [0.2, 0.25) is 0 Å². The molecular weight excluding hydrogens is 578 g/mol. The Morgan fingerprint density at radius 1 is 1.00 bits per heavy atom. The Bertz CT molecular complexity index is 1920. The van der Waals surface area contributed by atoms with Gasteiger partial charge in [-0.3, -0.25) is 9.59 Å². The van der Waals surface area contributed by atoms with Gasteiger partial charge in [0.25, 0.3) is 5.91 Å². The van der Waals surface area contributed by atoms with E-state index >= 15 is 0 Å². The van der Waals surface area contributed by atoms with Crippen molar-refractivity contribution in [3.8, 4) is 0 Å². The number of hydrogen-bond donors (Lipinski definition) is 6. The number of nitrogens with one attached hydrogen (secondary N) is 3. The second-order valence-electron chi connectivity index (χ2n) is 10.4. The van der Waals surface area contributed by atoms with Crippen LogP contribution in [0.4, 0.5) is 17.5 Å². The number of aromatic nitrogens is 3. The van der Waals surface area contributed by atoms with Crippen molar-refractivity contribution in [1.29, 1.82) is 0 Å². The summed E-state index contributed by atoms with van der Waals surface area (Å²) in [5.74, 6) is -2.38. The highest BCUT2D eigenvalue weighted by Crippen LogP contribution is 2.25. The first-order valence-electron chi connectivity index (χ1n) is 14.1. The Morgan fingerprint density at radius 2 is 1.76 bits per heavy atom. The number of fused-ring (bicyclic) bond motifs is 2. The van der Waals surface area contributed by atoms with Gasteiger partial charge < -0.3 is 36.9 Å². The number of carboxylic acid groups (broad SMARTS) is 1. The molecule has 0 aliphatic carbocycles. The molecule has 0 unspecified atom stereocenters. The van der Waals surface area contributed by atoms with E-state index in [2.05, 4.69) is 25.6 Å². The van der Waals surface area contributed by atoms with Gasteiger partial charge in [-0.05, 0) is 65.4 Å². The number of hydrogen-bond acceptors (Lipinski definition) is 9. The summed E-state index contributed by atoms with van der Waals surface area (Å²) < 4.78 is 4.84. The topological polar surface area (TPSA) is 215 Å². The molecular formula is C32H31N7O6. The lowest BCUT2D eigenvalue weighted by Crippen LogP contribution is -2.42. The van der Waals surface area contributed by atoms with Crippen molar-refractivity contribution in [3.05, 3.63) is 89.1 Å². The minimum absolute atomic E-state index is 0.0369. The normalized spacial score (nSPS) is 11.7. The van der Waals surface area contributed by atoms with E-state index < -0.39 is 29.8 Å². The maximum atomic E-state index is 13.0. The van der Waals surface area contributed by atoms with E-state index in [-0.39, 0.29) is 24.4 Å². The van der Waals surface area contributed by atoms with Crippen LogP contribution in [0.25, 0.3) is 21.8 Å². The zero-order valence-electron chi connectivity index (χ0n) is 24.3. The molecule has 0 fully saturated rings. The predicted molar refractivity (Wildman–Crippen MR) is 169 cm³/mol. The fourth-order valence-corrected chi connectivity index (χ4v) is 5.14. The number of aromatic amines is 1. The average Bonchev–Trinajstić information content (AvgIpc) is 3.44. The summed E-state index contributed by atoms with van der Waals surface area (Å²) in [6.45, 7) is 0. The van der Waals surface area contributed by atoms with Crippen molar-refractivity contribution in [3.63, 3.8) is 0 Å². The molecule has 13 nitrogen and oxygen atoms in total. The van der Waals surface area contributed by atoms with E-state index in [1.165, 1.54) is 13.2 Å². The number of nitrogens with two attached hydrogens (primary N) is 2. The minimum Gasteiger partial charge on any atom is -0.478 e. The van der Waals surface area contributed by atoms with Gasteiger partial charge in [0.05, 0.1) is 18.1 Å². The van der Waals surface area contributed by atoms with Crippen molar-refractivity contribution >= 4 is 63.0 Å². The maximum Gasteiger partial charge on any atom is 0.336 e. The van der Waals surface area contributed by atoms with E-state index in [9.17, 15) is 24.3 Å². The molecule has 0 spiro atoms. The number of aromatic carboxylic acids is 1. The number of H-pyrrole nitrogens is 1. The Labute approximate surface area is 257 Å². The van der Waals surface area contributed by atoms with E-state index in [4.69, 9.17) is 16.2 Å². The van der Waals surface area contributed by atoms with Crippen molar-refractivity contribution in [2.24, 2.45) is 0 Å². The molecule has 0 aliphatic heterocycles. The summed E-state index contributed by atoms with van der Waals surface area (Å²) >= 11 is 0. The SMILES string of the molecule is COC(=O)[C@H](CCC(=O)Nc1cc(C(=O)O)c2ccccc2c1)NC(=O)c1ccc(CCc2c[nH]c3nc(N)nc(N)c23)cc1. The predicted octanol–water partition coefficient (Wildman–Crippen LogP) is 3.45. The molecule has 2 heterocycles. The largest absolute Gasteiger partial charge is 0.478 e. The summed E-state index contributed by atoms with van der Waals surface area (Å²) in [5.41, 5.74) is 14.9. The lowest BCUT2D eigenvalue weighted by atomic mass is 10.0. The van der Waals surface area contributed by atoms with Crippen LogP contribution in [0, 0.1) is 0 Å². The number of carbonyl (C=O) groups is 4. The number of nitrogen functional groups attached to an aromatic ring is 2. The van der Waals surface area contributed by atoms with E-state index in [1.807, 2.05) is 18.3 Å². The first-order valence-corrected chi connectivity index (χ1v) is 14.1. The van der Waals surface area contributed by atoms with Crippen LogP contribution in [0.15, 0.2) is 66.9 Å². The third-order valence-corrected chi connectivity index (χ3v) is 7.38. The van der Waals surface area contributed by atoms with Crippen LogP contribution < -0.4 is 22.1 Å². The van der Waals surface area contributed by atoms with Gasteiger partial charge in [0, 0.05) is 23.9 Å². The molecule has 3 aromatic carbocycles. The highest BCUT2D eigenvalue weighted by molar-refractivity contribution is 6.06. The Hall–Kier alpha value is -5.98. The van der Waals surface area contributed by atoms with Crippen molar-refractivity contribution in [2.75, 3.05) is 23.9 Å². The number of amides is 2. The first kappa shape index (κ1) is 30.5. The fourth-order valence-electron chi connectivity index (χ4n) is 5.14. The highest BCUT2D eigenvalue weighted by Gasteiger charge is 2.23. The fraction of sp³-hybridized carbons (Fsp3) is 0.188. The summed E-state index contributed by atoms with van der Waals surface area (Å²) in [7, 11) is 1.20. The lowest BCUT2D eigenvalue weighted by Gasteiger charge is -2.17. The van der Waals surface area contributed by atoms with Gasteiger partial charge in [-0.25, -0.2) is 9.59 Å². The number of carbonyl (C=O) groups excluding carboxylic acids is 3. The van der Waals surface area contributed by atoms with Gasteiger partial charge in [0.15, 0.2) is 0 Å². The molecule has 0 bridgehead atoms. The van der Waals surface area contributed by atoms with E-state index in [0.717, 1.165) is 16.5 Å². The smallest absolute Gasteiger partial charge is 0.336 e. The number of methoxy groups -OCH3 is 1. The zero-order valence-corrected chi connectivity index (χ0v) is 24.3. The van der Waals surface area contributed by atoms with Crippen molar-refractivity contribution in [2.45, 2.75) is 31.7 Å². The molecule has 8 N–H and O–H groups in total. The van der Waals surface area contributed by atoms with E-state index in [1.54, 1.807) is 42.5 Å². The van der Waals surface area contributed by atoms with Gasteiger partial charge in [-0.15, -0.1) is 0 Å². The molecule has 5 aromatic rings. The number of carboxylic acids is 1. The van der Waals surface area contributed by atoms with Crippen LogP contribution in [0.3, 0.4) is 0 Å². The first-order chi connectivity index (χ1) is 21.6. The molecule has 230 valence electrons. The van der Waals surface area contributed by atoms with Gasteiger partial charge >= 0.3 is 11.9 Å². The number of benzene rings is 3. The van der Waals surface area contributed by atoms with Crippen LogP contribution in [0.5, 0.6) is 0 Å². The molecule has 0 aliphatic rings. The van der Waals surface area contributed by atoms with Crippen LogP contribution in [0.1, 0.15) is 44.7 Å². The maximum absolute atomic E-state index is 13.0. The molecule has 13 heteroatoms. The van der Waals surface area contributed by atoms with Gasteiger partial charge in [-0.2, -0.15) is 9.97 Å².